The molecule has 2 aromatic carbocycles. The van der Waals surface area contributed by atoms with E-state index >= 15 is 0 Å². The van der Waals surface area contributed by atoms with Gasteiger partial charge in [-0.05, 0) is 61.4 Å². The third kappa shape index (κ3) is 4.63. The lowest BCUT2D eigenvalue weighted by atomic mass is 10.1. The van der Waals surface area contributed by atoms with E-state index in [4.69, 9.17) is 5.73 Å². The maximum atomic E-state index is 5.93. The molecule has 0 heterocycles. The number of halogens is 2. The maximum Gasteiger partial charge on any atom is 0.0178 e. The van der Waals surface area contributed by atoms with Crippen LogP contribution in [0, 0.1) is 0 Å². The fourth-order valence-corrected chi connectivity index (χ4v) is 3.39. The topological polar surface area (TPSA) is 26.0 Å². The van der Waals surface area contributed by atoms with Gasteiger partial charge in [0.2, 0.25) is 0 Å². The van der Waals surface area contributed by atoms with E-state index in [-0.39, 0.29) is 6.04 Å². The Bertz CT molecular complexity index is 553. The zero-order chi connectivity index (χ0) is 13.8. The molecule has 4 heteroatoms. The molecule has 2 aromatic rings. The molecule has 0 aliphatic heterocycles. The maximum absolute atomic E-state index is 5.93. The number of hydrogen-bond acceptors (Lipinski definition) is 2. The molecule has 0 radical (unpaired) electrons. The molecule has 1 unspecified atom stereocenters. The van der Waals surface area contributed by atoms with E-state index in [1.54, 1.807) is 11.8 Å². The summed E-state index contributed by atoms with van der Waals surface area (Å²) in [5, 5.41) is 0. The first-order valence-electron chi connectivity index (χ1n) is 6.02. The van der Waals surface area contributed by atoms with Gasteiger partial charge in [-0.3, -0.25) is 0 Å². The first kappa shape index (κ1) is 15.1. The largest absolute Gasteiger partial charge is 0.328 e. The van der Waals surface area contributed by atoms with Crippen molar-refractivity contribution in [2.24, 2.45) is 5.73 Å². The highest BCUT2D eigenvalue weighted by atomic mass is 79.9. The molecule has 0 aliphatic carbocycles. The lowest BCUT2D eigenvalue weighted by Crippen LogP contribution is -2.18. The zero-order valence-corrected chi connectivity index (χ0v) is 14.6. The van der Waals surface area contributed by atoms with Crippen molar-refractivity contribution in [3.8, 4) is 0 Å². The molecule has 19 heavy (non-hydrogen) atoms. The van der Waals surface area contributed by atoms with Gasteiger partial charge in [-0.1, -0.05) is 43.6 Å². The van der Waals surface area contributed by atoms with E-state index in [1.807, 2.05) is 6.92 Å². The van der Waals surface area contributed by atoms with Gasteiger partial charge in [0.15, 0.2) is 0 Å². The van der Waals surface area contributed by atoms with Crippen LogP contribution in [0.2, 0.25) is 0 Å². The molecule has 0 saturated heterocycles. The Labute approximate surface area is 135 Å². The van der Waals surface area contributed by atoms with Crippen LogP contribution in [-0.2, 0) is 6.42 Å². The van der Waals surface area contributed by atoms with Crippen LogP contribution < -0.4 is 5.73 Å². The summed E-state index contributed by atoms with van der Waals surface area (Å²) in [4.78, 5) is 2.50. The van der Waals surface area contributed by atoms with Gasteiger partial charge in [-0.25, -0.2) is 0 Å². The molecule has 2 N–H and O–H groups in total. The highest BCUT2D eigenvalue weighted by Crippen LogP contribution is 2.33. The molecule has 0 aliphatic rings. The molecular formula is C15H15Br2NS. The highest BCUT2D eigenvalue weighted by molar-refractivity contribution is 9.10. The Morgan fingerprint density at radius 1 is 1.05 bits per heavy atom. The summed E-state index contributed by atoms with van der Waals surface area (Å²) < 4.78 is 2.20. The van der Waals surface area contributed by atoms with Crippen LogP contribution in [0.1, 0.15) is 12.5 Å². The molecule has 0 bridgehead atoms. The Balaban J connectivity index is 2.26. The van der Waals surface area contributed by atoms with Gasteiger partial charge in [0.25, 0.3) is 0 Å². The Hall–Kier alpha value is -0.290. The van der Waals surface area contributed by atoms with Gasteiger partial charge in [-0.2, -0.15) is 0 Å². The quantitative estimate of drug-likeness (QED) is 0.757. The standard InChI is InChI=1S/C15H15Br2NS/c1-10(18)8-11-9-13(17)4-7-15(11)19-14-5-2-12(16)3-6-14/h2-7,9-10H,8,18H2,1H3. The normalized spacial score (nSPS) is 12.4. The van der Waals surface area contributed by atoms with Crippen LogP contribution in [0.15, 0.2) is 61.2 Å². The third-order valence-electron chi connectivity index (χ3n) is 2.61. The summed E-state index contributed by atoms with van der Waals surface area (Å²) >= 11 is 8.76. The molecule has 100 valence electrons. The first-order valence-corrected chi connectivity index (χ1v) is 8.42. The van der Waals surface area contributed by atoms with Crippen molar-refractivity contribution in [1.82, 2.24) is 0 Å². The number of benzene rings is 2. The molecule has 0 spiro atoms. The molecule has 0 saturated carbocycles. The molecule has 1 nitrogen and oxygen atoms in total. The number of hydrogen-bond donors (Lipinski definition) is 1. The minimum absolute atomic E-state index is 0.165. The summed E-state index contributed by atoms with van der Waals surface area (Å²) in [6.07, 6.45) is 0.887. The van der Waals surface area contributed by atoms with E-state index in [2.05, 4.69) is 74.3 Å². The van der Waals surface area contributed by atoms with Crippen LogP contribution in [-0.4, -0.2) is 6.04 Å². The summed E-state index contributed by atoms with van der Waals surface area (Å²) in [6, 6.07) is 14.9. The Kier molecular flexibility index (Phi) is 5.51. The molecular weight excluding hydrogens is 386 g/mol. The van der Waals surface area contributed by atoms with Crippen LogP contribution in [0.25, 0.3) is 0 Å². The molecule has 0 fully saturated rings. The molecule has 0 aromatic heterocycles. The Morgan fingerprint density at radius 3 is 2.32 bits per heavy atom. The number of nitrogens with two attached hydrogens (primary N) is 1. The van der Waals surface area contributed by atoms with Crippen molar-refractivity contribution in [3.05, 3.63) is 57.0 Å². The SMILES string of the molecule is CC(N)Cc1cc(Br)ccc1Sc1ccc(Br)cc1. The number of rotatable bonds is 4. The summed E-state index contributed by atoms with van der Waals surface area (Å²) in [5.41, 5.74) is 7.22. The minimum Gasteiger partial charge on any atom is -0.328 e. The zero-order valence-electron chi connectivity index (χ0n) is 10.6. The van der Waals surface area contributed by atoms with Crippen molar-refractivity contribution >= 4 is 43.6 Å². The van der Waals surface area contributed by atoms with E-state index in [0.29, 0.717) is 0 Å². The summed E-state index contributed by atoms with van der Waals surface area (Å²) in [7, 11) is 0. The molecule has 2 rings (SSSR count). The second-order valence-corrected chi connectivity index (χ2v) is 7.44. The van der Waals surface area contributed by atoms with Crippen molar-refractivity contribution in [2.45, 2.75) is 29.2 Å². The van der Waals surface area contributed by atoms with Gasteiger partial charge in [-0.15, -0.1) is 0 Å². The van der Waals surface area contributed by atoms with E-state index in [9.17, 15) is 0 Å². The van der Waals surface area contributed by atoms with E-state index in [1.165, 1.54) is 15.4 Å². The van der Waals surface area contributed by atoms with Crippen LogP contribution in [0.4, 0.5) is 0 Å². The lowest BCUT2D eigenvalue weighted by Gasteiger charge is -2.12. The van der Waals surface area contributed by atoms with Crippen molar-refractivity contribution in [3.63, 3.8) is 0 Å². The highest BCUT2D eigenvalue weighted by Gasteiger charge is 2.07. The van der Waals surface area contributed by atoms with Gasteiger partial charge in [0.05, 0.1) is 0 Å². The van der Waals surface area contributed by atoms with E-state index in [0.717, 1.165) is 15.4 Å². The predicted octanol–water partition coefficient (Wildman–Crippen LogP) is 5.25. The smallest absolute Gasteiger partial charge is 0.0178 e. The molecule has 1 atom stereocenters. The van der Waals surface area contributed by atoms with Crippen molar-refractivity contribution < 1.29 is 0 Å². The Morgan fingerprint density at radius 2 is 1.68 bits per heavy atom. The van der Waals surface area contributed by atoms with Crippen molar-refractivity contribution in [1.29, 1.82) is 0 Å². The first-order chi connectivity index (χ1) is 9.04. The second kappa shape index (κ2) is 6.93. The van der Waals surface area contributed by atoms with Gasteiger partial charge in [0, 0.05) is 24.8 Å². The van der Waals surface area contributed by atoms with Gasteiger partial charge >= 0.3 is 0 Å². The van der Waals surface area contributed by atoms with E-state index < -0.39 is 0 Å². The van der Waals surface area contributed by atoms with Crippen LogP contribution >= 0.6 is 43.6 Å². The minimum atomic E-state index is 0.165. The fraction of sp³-hybridized carbons (Fsp3) is 0.200. The lowest BCUT2D eigenvalue weighted by molar-refractivity contribution is 0.729. The fourth-order valence-electron chi connectivity index (χ4n) is 1.78. The van der Waals surface area contributed by atoms with Crippen LogP contribution in [0.5, 0.6) is 0 Å². The van der Waals surface area contributed by atoms with Crippen LogP contribution in [0.3, 0.4) is 0 Å². The average Bonchev–Trinajstić information content (AvgIpc) is 2.34. The monoisotopic (exact) mass is 399 g/mol. The molecule has 0 amide bonds. The average molecular weight is 401 g/mol. The van der Waals surface area contributed by atoms with Gasteiger partial charge in [0.1, 0.15) is 0 Å². The van der Waals surface area contributed by atoms with Crippen molar-refractivity contribution in [2.75, 3.05) is 0 Å². The second-order valence-electron chi connectivity index (χ2n) is 4.49. The summed E-state index contributed by atoms with van der Waals surface area (Å²) in [5.74, 6) is 0. The summed E-state index contributed by atoms with van der Waals surface area (Å²) in [6.45, 7) is 2.04. The predicted molar refractivity (Wildman–Crippen MR) is 89.8 cm³/mol. The third-order valence-corrected chi connectivity index (χ3v) is 4.75. The van der Waals surface area contributed by atoms with Gasteiger partial charge < -0.3 is 5.73 Å².